The van der Waals surface area contributed by atoms with E-state index in [0.29, 0.717) is 32.4 Å². The Hall–Kier alpha value is -0.800. The Morgan fingerprint density at radius 1 is 0.950 bits per heavy atom. The number of halogens is 4. The standard InChI is InChI=1S/C14H9Cl4NO/c15-7-1-2-9(10(17)3-7)13-6-19-12-5-8(16)4-11(18)14(12)20-13/h1-5,13,19H,6H2. The zero-order valence-electron chi connectivity index (χ0n) is 10.1. The minimum Gasteiger partial charge on any atom is -0.480 e. The van der Waals surface area contributed by atoms with Crippen molar-refractivity contribution in [3.8, 4) is 5.75 Å². The molecule has 3 rings (SSSR count). The number of hydrogen-bond acceptors (Lipinski definition) is 2. The number of rotatable bonds is 1. The van der Waals surface area contributed by atoms with Crippen LogP contribution < -0.4 is 10.1 Å². The van der Waals surface area contributed by atoms with Crippen LogP contribution in [-0.2, 0) is 0 Å². The lowest BCUT2D eigenvalue weighted by Gasteiger charge is -2.29. The van der Waals surface area contributed by atoms with Crippen LogP contribution in [0.15, 0.2) is 30.3 Å². The van der Waals surface area contributed by atoms with Crippen molar-refractivity contribution in [3.05, 3.63) is 56.0 Å². The van der Waals surface area contributed by atoms with E-state index in [1.165, 1.54) is 0 Å². The van der Waals surface area contributed by atoms with Gasteiger partial charge in [-0.3, -0.25) is 0 Å². The predicted molar refractivity (Wildman–Crippen MR) is 84.8 cm³/mol. The molecular formula is C14H9Cl4NO. The van der Waals surface area contributed by atoms with Crippen LogP contribution in [-0.4, -0.2) is 6.54 Å². The lowest BCUT2D eigenvalue weighted by atomic mass is 10.1. The quantitative estimate of drug-likeness (QED) is 0.698. The van der Waals surface area contributed by atoms with Crippen LogP contribution in [0.4, 0.5) is 5.69 Å². The molecule has 0 bridgehead atoms. The molecule has 6 heteroatoms. The van der Waals surface area contributed by atoms with Crippen LogP contribution >= 0.6 is 46.4 Å². The Morgan fingerprint density at radius 2 is 1.70 bits per heavy atom. The molecule has 0 spiro atoms. The van der Waals surface area contributed by atoms with Gasteiger partial charge in [0, 0.05) is 20.6 Å². The smallest absolute Gasteiger partial charge is 0.162 e. The predicted octanol–water partition coefficient (Wildman–Crippen LogP) is 5.85. The number of fused-ring (bicyclic) bond motifs is 1. The molecule has 1 N–H and O–H groups in total. The van der Waals surface area contributed by atoms with E-state index in [0.717, 1.165) is 11.3 Å². The maximum Gasteiger partial charge on any atom is 0.162 e. The highest BCUT2D eigenvalue weighted by Crippen LogP contribution is 2.42. The van der Waals surface area contributed by atoms with Crippen molar-refractivity contribution < 1.29 is 4.74 Å². The van der Waals surface area contributed by atoms with Crippen molar-refractivity contribution in [3.63, 3.8) is 0 Å². The van der Waals surface area contributed by atoms with Crippen molar-refractivity contribution >= 4 is 52.1 Å². The van der Waals surface area contributed by atoms with E-state index < -0.39 is 0 Å². The second kappa shape index (κ2) is 5.53. The SMILES string of the molecule is Clc1ccc(C2CNc3cc(Cl)cc(Cl)c3O2)c(Cl)c1. The summed E-state index contributed by atoms with van der Waals surface area (Å²) in [6.07, 6.45) is -0.231. The Labute approximate surface area is 136 Å². The molecule has 0 saturated heterocycles. The molecular weight excluding hydrogens is 340 g/mol. The molecule has 1 unspecified atom stereocenters. The molecule has 1 aliphatic rings. The average Bonchev–Trinajstić information content (AvgIpc) is 2.38. The average molecular weight is 349 g/mol. The number of hydrogen-bond donors (Lipinski definition) is 1. The van der Waals surface area contributed by atoms with Crippen molar-refractivity contribution in [1.82, 2.24) is 0 Å². The van der Waals surface area contributed by atoms with Gasteiger partial charge in [-0.2, -0.15) is 0 Å². The van der Waals surface area contributed by atoms with Gasteiger partial charge in [-0.1, -0.05) is 52.5 Å². The van der Waals surface area contributed by atoms with Gasteiger partial charge in [0.05, 0.1) is 17.3 Å². The zero-order chi connectivity index (χ0) is 14.3. The molecule has 0 aliphatic carbocycles. The van der Waals surface area contributed by atoms with Crippen LogP contribution in [0.3, 0.4) is 0 Å². The van der Waals surface area contributed by atoms with Gasteiger partial charge in [-0.15, -0.1) is 0 Å². The summed E-state index contributed by atoms with van der Waals surface area (Å²) in [6.45, 7) is 0.574. The van der Waals surface area contributed by atoms with E-state index in [9.17, 15) is 0 Å². The molecule has 1 atom stereocenters. The van der Waals surface area contributed by atoms with Gasteiger partial charge in [0.25, 0.3) is 0 Å². The zero-order valence-corrected chi connectivity index (χ0v) is 13.1. The fourth-order valence-electron chi connectivity index (χ4n) is 2.13. The van der Waals surface area contributed by atoms with Crippen molar-refractivity contribution in [2.75, 3.05) is 11.9 Å². The number of benzene rings is 2. The normalized spacial score (nSPS) is 17.1. The molecule has 2 aromatic carbocycles. The summed E-state index contributed by atoms with van der Waals surface area (Å²) in [4.78, 5) is 0. The number of ether oxygens (including phenoxy) is 1. The molecule has 0 saturated carbocycles. The maximum atomic E-state index is 6.21. The summed E-state index contributed by atoms with van der Waals surface area (Å²) in [5.74, 6) is 0.582. The highest BCUT2D eigenvalue weighted by molar-refractivity contribution is 6.36. The summed E-state index contributed by atoms with van der Waals surface area (Å²) in [5.41, 5.74) is 1.64. The number of nitrogens with one attached hydrogen (secondary N) is 1. The topological polar surface area (TPSA) is 21.3 Å². The highest BCUT2D eigenvalue weighted by Gasteiger charge is 2.25. The fraction of sp³-hybridized carbons (Fsp3) is 0.143. The van der Waals surface area contributed by atoms with Gasteiger partial charge in [-0.05, 0) is 24.3 Å². The Morgan fingerprint density at radius 3 is 2.45 bits per heavy atom. The van der Waals surface area contributed by atoms with Gasteiger partial charge >= 0.3 is 0 Å². The molecule has 0 fully saturated rings. The summed E-state index contributed by atoms with van der Waals surface area (Å²) < 4.78 is 5.94. The Balaban J connectivity index is 1.96. The van der Waals surface area contributed by atoms with Gasteiger partial charge in [0.15, 0.2) is 5.75 Å². The lowest BCUT2D eigenvalue weighted by molar-refractivity contribution is 0.211. The monoisotopic (exact) mass is 347 g/mol. The molecule has 0 radical (unpaired) electrons. The highest BCUT2D eigenvalue weighted by atomic mass is 35.5. The minimum atomic E-state index is -0.231. The molecule has 1 aliphatic heterocycles. The minimum absolute atomic E-state index is 0.231. The van der Waals surface area contributed by atoms with Gasteiger partial charge in [-0.25, -0.2) is 0 Å². The summed E-state index contributed by atoms with van der Waals surface area (Å²) in [5, 5.41) is 5.44. The fourth-order valence-corrected chi connectivity index (χ4v) is 3.20. The molecule has 2 nitrogen and oxygen atoms in total. The van der Waals surface area contributed by atoms with Crippen LogP contribution in [0.25, 0.3) is 0 Å². The molecule has 104 valence electrons. The second-order valence-corrected chi connectivity index (χ2v) is 6.10. The van der Waals surface area contributed by atoms with Crippen molar-refractivity contribution in [2.45, 2.75) is 6.10 Å². The van der Waals surface area contributed by atoms with E-state index in [2.05, 4.69) is 5.32 Å². The third kappa shape index (κ3) is 2.66. The third-order valence-electron chi connectivity index (χ3n) is 3.06. The first-order chi connectivity index (χ1) is 9.54. The van der Waals surface area contributed by atoms with Crippen LogP contribution in [0.2, 0.25) is 20.1 Å². The van der Waals surface area contributed by atoms with Crippen molar-refractivity contribution in [2.24, 2.45) is 0 Å². The summed E-state index contributed by atoms with van der Waals surface area (Å²) >= 11 is 24.2. The van der Waals surface area contributed by atoms with E-state index in [1.54, 1.807) is 24.3 Å². The van der Waals surface area contributed by atoms with Crippen LogP contribution in [0.1, 0.15) is 11.7 Å². The Kier molecular flexibility index (Phi) is 3.91. The Bertz CT molecular complexity index is 674. The first-order valence-electron chi connectivity index (χ1n) is 5.89. The van der Waals surface area contributed by atoms with Crippen LogP contribution in [0, 0.1) is 0 Å². The largest absolute Gasteiger partial charge is 0.480 e. The number of anilines is 1. The van der Waals surface area contributed by atoms with E-state index >= 15 is 0 Å². The van der Waals surface area contributed by atoms with E-state index in [1.807, 2.05) is 6.07 Å². The molecule has 0 aromatic heterocycles. The summed E-state index contributed by atoms with van der Waals surface area (Å²) in [7, 11) is 0. The van der Waals surface area contributed by atoms with Gasteiger partial charge in [0.1, 0.15) is 6.10 Å². The first-order valence-corrected chi connectivity index (χ1v) is 7.40. The lowest BCUT2D eigenvalue weighted by Crippen LogP contribution is -2.24. The molecule has 0 amide bonds. The molecule has 1 heterocycles. The molecule has 20 heavy (non-hydrogen) atoms. The van der Waals surface area contributed by atoms with Gasteiger partial charge < -0.3 is 10.1 Å². The molecule has 2 aromatic rings. The third-order valence-corrected chi connectivity index (χ3v) is 4.12. The van der Waals surface area contributed by atoms with E-state index in [4.69, 9.17) is 51.1 Å². The summed E-state index contributed by atoms with van der Waals surface area (Å²) in [6, 6.07) is 8.76. The second-order valence-electron chi connectivity index (χ2n) is 4.42. The maximum absolute atomic E-state index is 6.21. The van der Waals surface area contributed by atoms with Crippen LogP contribution in [0.5, 0.6) is 5.75 Å². The van der Waals surface area contributed by atoms with Gasteiger partial charge in [0.2, 0.25) is 0 Å². The van der Waals surface area contributed by atoms with E-state index in [-0.39, 0.29) is 6.10 Å². The van der Waals surface area contributed by atoms with Crippen molar-refractivity contribution in [1.29, 1.82) is 0 Å². The first kappa shape index (κ1) is 14.2.